The summed E-state index contributed by atoms with van der Waals surface area (Å²) in [6, 6.07) is 3.13. The zero-order valence-electron chi connectivity index (χ0n) is 7.30. The molecule has 0 aliphatic carbocycles. The predicted octanol–water partition coefficient (Wildman–Crippen LogP) is -0.428. The molecule has 0 aromatic carbocycles. The Hall–Kier alpha value is -1.91. The number of hydrogen-bond acceptors (Lipinski definition) is 3. The van der Waals surface area contributed by atoms with Gasteiger partial charge in [-0.2, -0.15) is 0 Å². The first-order chi connectivity index (χ1) is 6.77. The Morgan fingerprint density at radius 2 is 1.79 bits per heavy atom. The van der Waals surface area contributed by atoms with E-state index in [0.29, 0.717) is 24.3 Å². The molecule has 0 unspecified atom stereocenters. The van der Waals surface area contributed by atoms with E-state index in [1.165, 1.54) is 12.3 Å². The van der Waals surface area contributed by atoms with E-state index in [1.54, 1.807) is 15.2 Å². The standard InChI is InChI=1S/C9H7N3O2/c13-7-2-1-6-9-11(7)3-4-12(9)8(14)5-10-6/h1-2,5H,3-4H2. The third-order valence-corrected chi connectivity index (χ3v) is 2.52. The van der Waals surface area contributed by atoms with Gasteiger partial charge >= 0.3 is 0 Å². The van der Waals surface area contributed by atoms with Crippen molar-refractivity contribution in [2.24, 2.45) is 0 Å². The summed E-state index contributed by atoms with van der Waals surface area (Å²) in [6.07, 6.45) is 1.29. The van der Waals surface area contributed by atoms with Crippen LogP contribution in [0.2, 0.25) is 0 Å². The largest absolute Gasteiger partial charge is 0.291 e. The first kappa shape index (κ1) is 7.49. The first-order valence-electron chi connectivity index (χ1n) is 4.37. The van der Waals surface area contributed by atoms with Gasteiger partial charge in [-0.3, -0.25) is 18.7 Å². The molecule has 3 rings (SSSR count). The van der Waals surface area contributed by atoms with Crippen molar-refractivity contribution >= 4 is 11.2 Å². The Bertz CT molecular complexity index is 586. The van der Waals surface area contributed by atoms with Crippen molar-refractivity contribution in [3.05, 3.63) is 39.0 Å². The lowest BCUT2D eigenvalue weighted by Gasteiger charge is -2.01. The quantitative estimate of drug-likeness (QED) is 0.565. The molecule has 0 saturated heterocycles. The minimum atomic E-state index is -0.144. The van der Waals surface area contributed by atoms with E-state index in [2.05, 4.69) is 4.98 Å². The molecule has 0 bridgehead atoms. The SMILES string of the molecule is O=c1ccc2ncc(=O)n3c2n1CC3. The van der Waals surface area contributed by atoms with E-state index in [4.69, 9.17) is 0 Å². The molecule has 0 amide bonds. The summed E-state index contributed by atoms with van der Waals surface area (Å²) in [4.78, 5) is 26.8. The Morgan fingerprint density at radius 3 is 2.57 bits per heavy atom. The number of hydrogen-bond donors (Lipinski definition) is 0. The Labute approximate surface area is 78.2 Å². The molecular formula is C9H7N3O2. The van der Waals surface area contributed by atoms with Crippen LogP contribution in [0.4, 0.5) is 0 Å². The van der Waals surface area contributed by atoms with Gasteiger partial charge in [0, 0.05) is 19.2 Å². The van der Waals surface area contributed by atoms with E-state index in [-0.39, 0.29) is 11.1 Å². The molecule has 5 heteroatoms. The third kappa shape index (κ3) is 0.761. The van der Waals surface area contributed by atoms with E-state index in [9.17, 15) is 9.59 Å². The van der Waals surface area contributed by atoms with Gasteiger partial charge in [-0.25, -0.2) is 4.98 Å². The molecule has 0 fully saturated rings. The Balaban J connectivity index is 2.68. The summed E-state index contributed by atoms with van der Waals surface area (Å²) in [5.41, 5.74) is 1.12. The summed E-state index contributed by atoms with van der Waals surface area (Å²) >= 11 is 0. The molecule has 2 aromatic rings. The van der Waals surface area contributed by atoms with Crippen molar-refractivity contribution in [2.45, 2.75) is 13.1 Å². The van der Waals surface area contributed by atoms with E-state index < -0.39 is 0 Å². The minimum Gasteiger partial charge on any atom is -0.291 e. The number of pyridine rings is 1. The zero-order valence-corrected chi connectivity index (χ0v) is 7.30. The van der Waals surface area contributed by atoms with Crippen LogP contribution in [-0.2, 0) is 13.1 Å². The number of aryl methyl sites for hydroxylation is 2. The maximum Gasteiger partial charge on any atom is 0.270 e. The van der Waals surface area contributed by atoms with E-state index in [0.717, 1.165) is 0 Å². The van der Waals surface area contributed by atoms with Crippen LogP contribution >= 0.6 is 0 Å². The van der Waals surface area contributed by atoms with Crippen molar-refractivity contribution in [2.75, 3.05) is 0 Å². The van der Waals surface area contributed by atoms with Gasteiger partial charge in [-0.05, 0) is 6.07 Å². The Morgan fingerprint density at radius 1 is 1.07 bits per heavy atom. The molecule has 1 aliphatic heterocycles. The van der Waals surface area contributed by atoms with Crippen LogP contribution in [0.5, 0.6) is 0 Å². The van der Waals surface area contributed by atoms with Crippen LogP contribution in [0.15, 0.2) is 27.9 Å². The van der Waals surface area contributed by atoms with E-state index in [1.807, 2.05) is 0 Å². The molecule has 2 aromatic heterocycles. The van der Waals surface area contributed by atoms with Gasteiger partial charge in [-0.1, -0.05) is 0 Å². The highest BCUT2D eigenvalue weighted by Gasteiger charge is 2.15. The fourth-order valence-corrected chi connectivity index (χ4v) is 1.87. The molecule has 0 spiro atoms. The second kappa shape index (κ2) is 2.31. The fraction of sp³-hybridized carbons (Fsp3) is 0.222. The molecule has 0 saturated carbocycles. The number of rotatable bonds is 0. The first-order valence-corrected chi connectivity index (χ1v) is 4.37. The molecule has 0 atom stereocenters. The lowest BCUT2D eigenvalue weighted by molar-refractivity contribution is 0.660. The Kier molecular flexibility index (Phi) is 1.24. The van der Waals surface area contributed by atoms with E-state index >= 15 is 0 Å². The highest BCUT2D eigenvalue weighted by Crippen LogP contribution is 2.11. The van der Waals surface area contributed by atoms with Gasteiger partial charge in [0.2, 0.25) is 0 Å². The van der Waals surface area contributed by atoms with Crippen LogP contribution < -0.4 is 11.1 Å². The molecule has 14 heavy (non-hydrogen) atoms. The third-order valence-electron chi connectivity index (χ3n) is 2.52. The average molecular weight is 189 g/mol. The van der Waals surface area contributed by atoms with Gasteiger partial charge in [0.05, 0.1) is 6.20 Å². The maximum absolute atomic E-state index is 11.4. The van der Waals surface area contributed by atoms with Crippen LogP contribution in [0.3, 0.4) is 0 Å². The summed E-state index contributed by atoms with van der Waals surface area (Å²) in [5, 5.41) is 0. The van der Waals surface area contributed by atoms with Crippen LogP contribution in [0.1, 0.15) is 0 Å². The average Bonchev–Trinajstić information content (AvgIpc) is 2.62. The summed E-state index contributed by atoms with van der Waals surface area (Å²) < 4.78 is 3.17. The summed E-state index contributed by atoms with van der Waals surface area (Å²) in [6.45, 7) is 1.13. The second-order valence-corrected chi connectivity index (χ2v) is 3.28. The maximum atomic E-state index is 11.4. The predicted molar refractivity (Wildman–Crippen MR) is 50.3 cm³/mol. The topological polar surface area (TPSA) is 56.9 Å². The lowest BCUT2D eigenvalue weighted by atomic mass is 10.4. The van der Waals surface area contributed by atoms with Gasteiger partial charge < -0.3 is 0 Å². The summed E-state index contributed by atoms with van der Waals surface area (Å²) in [5.74, 6) is 0. The molecule has 0 radical (unpaired) electrons. The van der Waals surface area contributed by atoms with Crippen molar-refractivity contribution in [3.8, 4) is 0 Å². The van der Waals surface area contributed by atoms with Gasteiger partial charge in [0.15, 0.2) is 0 Å². The smallest absolute Gasteiger partial charge is 0.270 e. The minimum absolute atomic E-state index is 0.0730. The van der Waals surface area contributed by atoms with Gasteiger partial charge in [0.1, 0.15) is 11.2 Å². The van der Waals surface area contributed by atoms with Crippen molar-refractivity contribution in [1.29, 1.82) is 0 Å². The molecule has 5 nitrogen and oxygen atoms in total. The number of nitrogens with zero attached hydrogens (tertiary/aromatic N) is 3. The second-order valence-electron chi connectivity index (χ2n) is 3.28. The highest BCUT2D eigenvalue weighted by atomic mass is 16.1. The normalized spacial score (nSPS) is 13.7. The molecule has 1 aliphatic rings. The van der Waals surface area contributed by atoms with Gasteiger partial charge in [0.25, 0.3) is 11.1 Å². The molecule has 3 heterocycles. The fourth-order valence-electron chi connectivity index (χ4n) is 1.87. The zero-order chi connectivity index (χ0) is 9.71. The van der Waals surface area contributed by atoms with Crippen molar-refractivity contribution in [1.82, 2.24) is 14.1 Å². The van der Waals surface area contributed by atoms with Crippen LogP contribution in [0, 0.1) is 0 Å². The molecule has 70 valence electrons. The molecule has 0 N–H and O–H groups in total. The monoisotopic (exact) mass is 189 g/mol. The lowest BCUT2D eigenvalue weighted by Crippen LogP contribution is -2.19. The van der Waals surface area contributed by atoms with Crippen molar-refractivity contribution in [3.63, 3.8) is 0 Å². The highest BCUT2D eigenvalue weighted by molar-refractivity contribution is 5.70. The molecular weight excluding hydrogens is 182 g/mol. The van der Waals surface area contributed by atoms with Gasteiger partial charge in [-0.15, -0.1) is 0 Å². The van der Waals surface area contributed by atoms with Crippen molar-refractivity contribution < 1.29 is 0 Å². The van der Waals surface area contributed by atoms with Crippen LogP contribution in [-0.4, -0.2) is 14.1 Å². The van der Waals surface area contributed by atoms with Crippen LogP contribution in [0.25, 0.3) is 11.2 Å². The summed E-state index contributed by atoms with van der Waals surface area (Å²) in [7, 11) is 0. The number of aromatic nitrogens is 3.